The van der Waals surface area contributed by atoms with Crippen molar-refractivity contribution >= 4 is 23.9 Å². The second-order valence-electron chi connectivity index (χ2n) is 8.53. The van der Waals surface area contributed by atoms with Crippen molar-refractivity contribution in [2.75, 3.05) is 14.1 Å². The third kappa shape index (κ3) is 3.50. The maximum Gasteiger partial charge on any atom is 0.333 e. The van der Waals surface area contributed by atoms with E-state index in [1.165, 1.54) is 19.7 Å². The standard InChI is InChI=1S/C23H27N3O3/c1-14-12-16(13-19-20(27)24(6)22(29)25(7)21(19)28)15(2)26(14)18-10-8-17(9-11-18)23(3,4)5/h8-13H,1-7H3. The fraction of sp³-hybridized carbons (Fsp3) is 0.348. The van der Waals surface area contributed by atoms with Gasteiger partial charge in [0.1, 0.15) is 5.57 Å². The van der Waals surface area contributed by atoms with Crippen molar-refractivity contribution in [3.05, 3.63) is 58.4 Å². The zero-order chi connectivity index (χ0) is 21.7. The van der Waals surface area contributed by atoms with E-state index in [0.29, 0.717) is 0 Å². The number of benzene rings is 1. The fourth-order valence-electron chi connectivity index (χ4n) is 3.57. The first-order valence-electron chi connectivity index (χ1n) is 9.55. The average molecular weight is 393 g/mol. The van der Waals surface area contributed by atoms with E-state index < -0.39 is 17.8 Å². The highest BCUT2D eigenvalue weighted by Crippen LogP contribution is 2.27. The van der Waals surface area contributed by atoms with Gasteiger partial charge in [-0.1, -0.05) is 32.9 Å². The normalized spacial score (nSPS) is 15.4. The molecule has 0 unspecified atom stereocenters. The fourth-order valence-corrected chi connectivity index (χ4v) is 3.57. The first kappa shape index (κ1) is 20.6. The predicted octanol–water partition coefficient (Wildman–Crippen LogP) is 3.83. The summed E-state index contributed by atoms with van der Waals surface area (Å²) in [6, 6.07) is 9.72. The van der Waals surface area contributed by atoms with Crippen LogP contribution in [0.5, 0.6) is 0 Å². The quantitative estimate of drug-likeness (QED) is 0.575. The summed E-state index contributed by atoms with van der Waals surface area (Å²) in [7, 11) is 2.75. The lowest BCUT2D eigenvalue weighted by molar-refractivity contribution is -0.134. The number of aromatic nitrogens is 1. The van der Waals surface area contributed by atoms with Gasteiger partial charge in [-0.3, -0.25) is 19.4 Å². The molecule has 0 N–H and O–H groups in total. The third-order valence-electron chi connectivity index (χ3n) is 5.41. The number of amides is 4. The van der Waals surface area contributed by atoms with Gasteiger partial charge in [-0.25, -0.2) is 4.79 Å². The molecule has 1 saturated heterocycles. The first-order valence-corrected chi connectivity index (χ1v) is 9.55. The molecule has 1 aliphatic heterocycles. The molecule has 6 heteroatoms. The Labute approximate surface area is 171 Å². The number of carbonyl (C=O) groups is 3. The van der Waals surface area contributed by atoms with E-state index in [1.807, 2.05) is 19.9 Å². The summed E-state index contributed by atoms with van der Waals surface area (Å²) in [5.41, 5.74) is 5.01. The molecule has 0 radical (unpaired) electrons. The number of hydrogen-bond donors (Lipinski definition) is 0. The van der Waals surface area contributed by atoms with Crippen LogP contribution in [0.3, 0.4) is 0 Å². The molecule has 0 aliphatic carbocycles. The van der Waals surface area contributed by atoms with Crippen LogP contribution in [0.2, 0.25) is 0 Å². The Hall–Kier alpha value is -3.15. The number of hydrogen-bond acceptors (Lipinski definition) is 3. The molecule has 0 saturated carbocycles. The number of aryl methyl sites for hydroxylation is 1. The van der Waals surface area contributed by atoms with Crippen LogP contribution >= 0.6 is 0 Å². The lowest BCUT2D eigenvalue weighted by Crippen LogP contribution is -2.52. The second kappa shape index (κ2) is 7.03. The minimum atomic E-state index is -0.624. The average Bonchev–Trinajstić information content (AvgIpc) is 2.94. The van der Waals surface area contributed by atoms with Crippen molar-refractivity contribution < 1.29 is 14.4 Å². The van der Waals surface area contributed by atoms with E-state index in [2.05, 4.69) is 49.6 Å². The molecule has 6 nitrogen and oxygen atoms in total. The number of rotatable bonds is 2. The molecule has 0 spiro atoms. The maximum atomic E-state index is 12.5. The van der Waals surface area contributed by atoms with Crippen LogP contribution in [-0.2, 0) is 15.0 Å². The monoisotopic (exact) mass is 393 g/mol. The number of imide groups is 2. The van der Waals surface area contributed by atoms with E-state index in [1.54, 1.807) is 6.08 Å². The smallest absolute Gasteiger partial charge is 0.318 e. The summed E-state index contributed by atoms with van der Waals surface area (Å²) in [6.07, 6.45) is 1.58. The van der Waals surface area contributed by atoms with Crippen LogP contribution in [0, 0.1) is 13.8 Å². The molecule has 2 heterocycles. The number of likely N-dealkylation sites (N-methyl/N-ethyl adjacent to an activating group) is 2. The lowest BCUT2D eigenvalue weighted by Gasteiger charge is -2.28. The van der Waals surface area contributed by atoms with Gasteiger partial charge in [0.15, 0.2) is 0 Å². The molecule has 4 amide bonds. The lowest BCUT2D eigenvalue weighted by atomic mass is 9.87. The molecule has 1 aromatic heterocycles. The van der Waals surface area contributed by atoms with Gasteiger partial charge in [-0.15, -0.1) is 0 Å². The van der Waals surface area contributed by atoms with E-state index in [4.69, 9.17) is 0 Å². The molecule has 29 heavy (non-hydrogen) atoms. The van der Waals surface area contributed by atoms with Crippen molar-refractivity contribution in [3.8, 4) is 5.69 Å². The van der Waals surface area contributed by atoms with Gasteiger partial charge in [-0.2, -0.15) is 0 Å². The Kier molecular flexibility index (Phi) is 4.99. The molecular formula is C23H27N3O3. The Bertz CT molecular complexity index is 1010. The van der Waals surface area contributed by atoms with Gasteiger partial charge >= 0.3 is 6.03 Å². The highest BCUT2D eigenvalue weighted by Gasteiger charge is 2.38. The SMILES string of the molecule is Cc1cc(C=C2C(=O)N(C)C(=O)N(C)C2=O)c(C)n1-c1ccc(C(C)(C)C)cc1. The number of urea groups is 1. The minimum absolute atomic E-state index is 0.0158. The Balaban J connectivity index is 2.04. The van der Waals surface area contributed by atoms with Crippen molar-refractivity contribution in [2.45, 2.75) is 40.0 Å². The number of nitrogens with zero attached hydrogens (tertiary/aromatic N) is 3. The van der Waals surface area contributed by atoms with E-state index in [-0.39, 0.29) is 11.0 Å². The molecule has 3 rings (SSSR count). The number of carbonyl (C=O) groups excluding carboxylic acids is 3. The highest BCUT2D eigenvalue weighted by molar-refractivity contribution is 6.30. The maximum absolute atomic E-state index is 12.5. The van der Waals surface area contributed by atoms with Crippen LogP contribution in [0.1, 0.15) is 43.3 Å². The Morgan fingerprint density at radius 2 is 1.38 bits per heavy atom. The summed E-state index contributed by atoms with van der Waals surface area (Å²) in [6.45, 7) is 10.5. The zero-order valence-electron chi connectivity index (χ0n) is 18.0. The van der Waals surface area contributed by atoms with Crippen molar-refractivity contribution in [1.82, 2.24) is 14.4 Å². The van der Waals surface area contributed by atoms with Gasteiger partial charge < -0.3 is 4.57 Å². The van der Waals surface area contributed by atoms with Gasteiger partial charge in [0, 0.05) is 31.2 Å². The van der Waals surface area contributed by atoms with E-state index in [0.717, 1.165) is 32.4 Å². The summed E-state index contributed by atoms with van der Waals surface area (Å²) >= 11 is 0. The van der Waals surface area contributed by atoms with E-state index in [9.17, 15) is 14.4 Å². The largest absolute Gasteiger partial charge is 0.333 e. The highest BCUT2D eigenvalue weighted by atomic mass is 16.2. The van der Waals surface area contributed by atoms with Gasteiger partial charge in [-0.05, 0) is 54.7 Å². The topological polar surface area (TPSA) is 62.6 Å². The molecule has 2 aromatic rings. The van der Waals surface area contributed by atoms with Gasteiger partial charge in [0.25, 0.3) is 11.8 Å². The van der Waals surface area contributed by atoms with Gasteiger partial charge in [0.05, 0.1) is 0 Å². The van der Waals surface area contributed by atoms with Crippen LogP contribution < -0.4 is 0 Å². The molecule has 1 fully saturated rings. The van der Waals surface area contributed by atoms with E-state index >= 15 is 0 Å². The first-order chi connectivity index (χ1) is 13.4. The van der Waals surface area contributed by atoms with Crippen LogP contribution in [0.25, 0.3) is 11.8 Å². The minimum Gasteiger partial charge on any atom is -0.318 e. The van der Waals surface area contributed by atoms with Crippen molar-refractivity contribution in [3.63, 3.8) is 0 Å². The molecule has 0 atom stereocenters. The summed E-state index contributed by atoms with van der Waals surface area (Å²) in [4.78, 5) is 38.8. The Morgan fingerprint density at radius 1 is 0.862 bits per heavy atom. The van der Waals surface area contributed by atoms with Crippen LogP contribution in [0.15, 0.2) is 35.9 Å². The molecule has 1 aromatic carbocycles. The summed E-state index contributed by atoms with van der Waals surface area (Å²) < 4.78 is 2.09. The zero-order valence-corrected chi connectivity index (χ0v) is 18.0. The van der Waals surface area contributed by atoms with Crippen molar-refractivity contribution in [1.29, 1.82) is 0 Å². The molecular weight excluding hydrogens is 366 g/mol. The third-order valence-corrected chi connectivity index (χ3v) is 5.41. The Morgan fingerprint density at radius 3 is 1.86 bits per heavy atom. The molecule has 152 valence electrons. The summed E-state index contributed by atoms with van der Waals surface area (Å²) in [5.74, 6) is -1.17. The van der Waals surface area contributed by atoms with Crippen LogP contribution in [-0.4, -0.2) is 46.3 Å². The molecule has 0 bridgehead atoms. The van der Waals surface area contributed by atoms with Crippen molar-refractivity contribution in [2.24, 2.45) is 0 Å². The summed E-state index contributed by atoms with van der Waals surface area (Å²) in [5, 5.41) is 0. The van der Waals surface area contributed by atoms with Gasteiger partial charge in [0.2, 0.25) is 0 Å². The molecule has 1 aliphatic rings. The predicted molar refractivity (Wildman–Crippen MR) is 113 cm³/mol. The van der Waals surface area contributed by atoms with Crippen LogP contribution in [0.4, 0.5) is 4.79 Å². The second-order valence-corrected chi connectivity index (χ2v) is 8.53. The number of barbiturate groups is 1.